The van der Waals surface area contributed by atoms with Crippen molar-refractivity contribution in [1.29, 1.82) is 0 Å². The molecule has 0 aliphatic carbocycles. The minimum Gasteiger partial charge on any atom is -0.467 e. The lowest BCUT2D eigenvalue weighted by atomic mass is 10.1. The van der Waals surface area contributed by atoms with Gasteiger partial charge >= 0.3 is 12.1 Å². The van der Waals surface area contributed by atoms with Gasteiger partial charge in [-0.15, -0.1) is 0 Å². The molecule has 1 rings (SSSR count). The summed E-state index contributed by atoms with van der Waals surface area (Å²) < 4.78 is 55.5. The molecule has 116 valence electrons. The summed E-state index contributed by atoms with van der Waals surface area (Å²) in [4.78, 5) is 22.8. The van der Waals surface area contributed by atoms with Gasteiger partial charge in [0.2, 0.25) is 0 Å². The van der Waals surface area contributed by atoms with Crippen molar-refractivity contribution in [1.82, 2.24) is 5.32 Å². The summed E-state index contributed by atoms with van der Waals surface area (Å²) >= 11 is 0. The number of methoxy groups -OCH3 is 1. The zero-order valence-corrected chi connectivity index (χ0v) is 10.7. The lowest BCUT2D eigenvalue weighted by molar-refractivity contribution is -0.144. The van der Waals surface area contributed by atoms with Crippen LogP contribution in [-0.2, 0) is 15.7 Å². The zero-order valence-electron chi connectivity index (χ0n) is 10.7. The number of esters is 1. The van der Waals surface area contributed by atoms with Gasteiger partial charge < -0.3 is 15.2 Å². The molecule has 1 aromatic carbocycles. The molecule has 0 fully saturated rings. The van der Waals surface area contributed by atoms with Gasteiger partial charge in [0.25, 0.3) is 5.91 Å². The Morgan fingerprint density at radius 3 is 2.48 bits per heavy atom. The summed E-state index contributed by atoms with van der Waals surface area (Å²) in [7, 11) is 0.988. The minimum absolute atomic E-state index is 0.482. The molecule has 0 aromatic heterocycles. The van der Waals surface area contributed by atoms with Crippen molar-refractivity contribution >= 4 is 11.9 Å². The second kappa shape index (κ2) is 6.53. The first-order chi connectivity index (χ1) is 9.72. The maximum Gasteiger partial charge on any atom is 0.419 e. The van der Waals surface area contributed by atoms with E-state index in [0.717, 1.165) is 19.2 Å². The average molecular weight is 309 g/mol. The van der Waals surface area contributed by atoms with E-state index in [0.29, 0.717) is 6.07 Å². The Morgan fingerprint density at radius 1 is 1.38 bits per heavy atom. The fourth-order valence-electron chi connectivity index (χ4n) is 1.48. The first kappa shape index (κ1) is 16.9. The van der Waals surface area contributed by atoms with Crippen LogP contribution >= 0.6 is 0 Å². The summed E-state index contributed by atoms with van der Waals surface area (Å²) in [6.07, 6.45) is -4.96. The molecule has 9 heteroatoms. The van der Waals surface area contributed by atoms with Crippen LogP contribution in [0.25, 0.3) is 0 Å². The van der Waals surface area contributed by atoms with Crippen LogP contribution in [-0.4, -0.2) is 36.7 Å². The Labute approximate surface area is 116 Å². The highest BCUT2D eigenvalue weighted by Crippen LogP contribution is 2.32. The van der Waals surface area contributed by atoms with E-state index in [9.17, 15) is 27.2 Å². The van der Waals surface area contributed by atoms with Gasteiger partial charge in [0.15, 0.2) is 6.04 Å². The predicted octanol–water partition coefficient (Wildman–Crippen LogP) is 1.11. The van der Waals surface area contributed by atoms with E-state index in [1.54, 1.807) is 0 Å². The van der Waals surface area contributed by atoms with Gasteiger partial charge in [0.05, 0.1) is 24.8 Å². The third-order valence-corrected chi connectivity index (χ3v) is 2.52. The van der Waals surface area contributed by atoms with Crippen LogP contribution < -0.4 is 5.32 Å². The highest BCUT2D eigenvalue weighted by molar-refractivity contribution is 5.97. The van der Waals surface area contributed by atoms with E-state index in [2.05, 4.69) is 4.74 Å². The largest absolute Gasteiger partial charge is 0.467 e. The molecule has 0 spiro atoms. The quantitative estimate of drug-likeness (QED) is 0.645. The number of aliphatic hydroxyl groups excluding tert-OH is 1. The fourth-order valence-corrected chi connectivity index (χ4v) is 1.48. The number of hydrogen-bond donors (Lipinski definition) is 2. The van der Waals surface area contributed by atoms with Gasteiger partial charge in [-0.3, -0.25) is 4.79 Å². The summed E-state index contributed by atoms with van der Waals surface area (Å²) in [6, 6.07) is 0.658. The number of rotatable bonds is 4. The van der Waals surface area contributed by atoms with Crippen LogP contribution in [0.5, 0.6) is 0 Å². The zero-order chi connectivity index (χ0) is 16.2. The lowest BCUT2D eigenvalue weighted by Crippen LogP contribution is -2.44. The highest BCUT2D eigenvalue weighted by atomic mass is 19.4. The van der Waals surface area contributed by atoms with Crippen LogP contribution in [0.3, 0.4) is 0 Å². The van der Waals surface area contributed by atoms with Gasteiger partial charge in [-0.25, -0.2) is 9.18 Å². The van der Waals surface area contributed by atoms with Crippen molar-refractivity contribution < 1.29 is 37.0 Å². The van der Waals surface area contributed by atoms with Crippen LogP contribution in [0, 0.1) is 5.82 Å². The van der Waals surface area contributed by atoms with Crippen LogP contribution in [0.2, 0.25) is 0 Å². The second-order valence-electron chi connectivity index (χ2n) is 3.90. The Kier molecular flexibility index (Phi) is 5.25. The lowest BCUT2D eigenvalue weighted by Gasteiger charge is -2.15. The van der Waals surface area contributed by atoms with Gasteiger partial charge in [-0.05, 0) is 12.1 Å². The van der Waals surface area contributed by atoms with Crippen LogP contribution in [0.15, 0.2) is 18.2 Å². The molecule has 0 heterocycles. The van der Waals surface area contributed by atoms with E-state index in [1.165, 1.54) is 0 Å². The number of hydrogen-bond acceptors (Lipinski definition) is 4. The molecule has 1 unspecified atom stereocenters. The number of aliphatic hydroxyl groups is 1. The standard InChI is InChI=1S/C12H11F4NO4/c1-21-11(20)8(5-18)17-10(19)6-3-2-4-7(9(6)13)12(14,15)16/h2-4,8,18H,5H2,1H3,(H,17,19). The number of ether oxygens (including phenoxy) is 1. The minimum atomic E-state index is -4.96. The topological polar surface area (TPSA) is 75.6 Å². The van der Waals surface area contributed by atoms with E-state index in [-0.39, 0.29) is 0 Å². The van der Waals surface area contributed by atoms with Crippen molar-refractivity contribution in [2.75, 3.05) is 13.7 Å². The molecule has 0 radical (unpaired) electrons. The first-order valence-electron chi connectivity index (χ1n) is 5.57. The molecule has 0 saturated heterocycles. The van der Waals surface area contributed by atoms with Crippen LogP contribution in [0.4, 0.5) is 17.6 Å². The molecule has 0 saturated carbocycles. The molecular weight excluding hydrogens is 298 g/mol. The third-order valence-electron chi connectivity index (χ3n) is 2.52. The Balaban J connectivity index is 3.06. The molecule has 1 amide bonds. The first-order valence-corrected chi connectivity index (χ1v) is 5.57. The molecule has 2 N–H and O–H groups in total. The second-order valence-corrected chi connectivity index (χ2v) is 3.90. The number of benzene rings is 1. The monoisotopic (exact) mass is 309 g/mol. The smallest absolute Gasteiger partial charge is 0.419 e. The summed E-state index contributed by atoms with van der Waals surface area (Å²) in [5, 5.41) is 10.8. The maximum absolute atomic E-state index is 13.7. The van der Waals surface area contributed by atoms with Crippen LogP contribution in [0.1, 0.15) is 15.9 Å². The molecule has 0 aliphatic heterocycles. The summed E-state index contributed by atoms with van der Waals surface area (Å²) in [5.41, 5.74) is -2.50. The number of carbonyl (C=O) groups is 2. The molecule has 1 aromatic rings. The highest BCUT2D eigenvalue weighted by Gasteiger charge is 2.36. The van der Waals surface area contributed by atoms with Crippen molar-refractivity contribution in [2.45, 2.75) is 12.2 Å². The molecule has 1 atom stereocenters. The summed E-state index contributed by atoms with van der Waals surface area (Å²) in [6.45, 7) is -0.848. The number of alkyl halides is 3. The van der Waals surface area contributed by atoms with Crippen molar-refractivity contribution in [3.05, 3.63) is 35.1 Å². The normalized spacial score (nSPS) is 12.7. The van der Waals surface area contributed by atoms with Crippen molar-refractivity contribution in [3.63, 3.8) is 0 Å². The Bertz CT molecular complexity index is 545. The predicted molar refractivity (Wildman–Crippen MR) is 61.8 cm³/mol. The molecular formula is C12H11F4NO4. The molecule has 5 nitrogen and oxygen atoms in total. The van der Waals surface area contributed by atoms with Crippen molar-refractivity contribution in [3.8, 4) is 0 Å². The van der Waals surface area contributed by atoms with Gasteiger partial charge in [-0.2, -0.15) is 13.2 Å². The van der Waals surface area contributed by atoms with Gasteiger partial charge in [0, 0.05) is 0 Å². The van der Waals surface area contributed by atoms with Gasteiger partial charge in [-0.1, -0.05) is 6.07 Å². The third kappa shape index (κ3) is 3.91. The van der Waals surface area contributed by atoms with E-state index in [1.807, 2.05) is 5.32 Å². The van der Waals surface area contributed by atoms with Crippen molar-refractivity contribution in [2.24, 2.45) is 0 Å². The fraction of sp³-hybridized carbons (Fsp3) is 0.333. The Hall–Kier alpha value is -2.16. The summed E-state index contributed by atoms with van der Waals surface area (Å²) in [5.74, 6) is -4.05. The Morgan fingerprint density at radius 2 is 2.00 bits per heavy atom. The van der Waals surface area contributed by atoms with Gasteiger partial charge in [0.1, 0.15) is 5.82 Å². The van der Waals surface area contributed by atoms with E-state index < -0.39 is 47.6 Å². The van der Waals surface area contributed by atoms with E-state index in [4.69, 9.17) is 5.11 Å². The number of amides is 1. The molecule has 0 bridgehead atoms. The van der Waals surface area contributed by atoms with E-state index >= 15 is 0 Å². The molecule has 0 aliphatic rings. The number of halogens is 4. The number of carbonyl (C=O) groups excluding carboxylic acids is 2. The average Bonchev–Trinajstić information content (AvgIpc) is 2.42. The SMILES string of the molecule is COC(=O)C(CO)NC(=O)c1cccc(C(F)(F)F)c1F. The molecule has 21 heavy (non-hydrogen) atoms. The maximum atomic E-state index is 13.7. The number of nitrogens with one attached hydrogen (secondary N) is 1.